The molecule has 4 aromatic heterocycles. The summed E-state index contributed by atoms with van der Waals surface area (Å²) in [5, 5.41) is 13.3. The zero-order valence-electron chi connectivity index (χ0n) is 19.9. The first-order valence-electron chi connectivity index (χ1n) is 10.9. The number of aromatic nitrogens is 6. The predicted molar refractivity (Wildman–Crippen MR) is 130 cm³/mol. The molecular weight excluding hydrogens is 486 g/mol. The van der Waals surface area contributed by atoms with E-state index < -0.39 is 24.3 Å². The van der Waals surface area contributed by atoms with Crippen molar-refractivity contribution in [2.45, 2.75) is 27.1 Å². The van der Waals surface area contributed by atoms with Gasteiger partial charge >= 0.3 is 12.1 Å². The van der Waals surface area contributed by atoms with Crippen LogP contribution in [-0.2, 0) is 21.3 Å². The molecule has 36 heavy (non-hydrogen) atoms. The number of hydrogen-bond acceptors (Lipinski definition) is 10. The normalized spacial score (nSPS) is 11.8. The molecule has 1 amide bonds. The molecule has 1 N–H and O–H groups in total. The van der Waals surface area contributed by atoms with Crippen LogP contribution in [0, 0.1) is 5.92 Å². The minimum absolute atomic E-state index is 0.190. The number of pyridine rings is 1. The maximum atomic E-state index is 12.9. The van der Waals surface area contributed by atoms with Gasteiger partial charge in [0.05, 0.1) is 23.5 Å². The number of aryl methyl sites for hydroxylation is 1. The molecule has 0 spiro atoms. The summed E-state index contributed by atoms with van der Waals surface area (Å²) in [6.07, 6.45) is 4.28. The summed E-state index contributed by atoms with van der Waals surface area (Å²) in [5.41, 5.74) is 2.36. The molecule has 0 aliphatic carbocycles. The van der Waals surface area contributed by atoms with E-state index in [1.165, 1.54) is 30.7 Å². The van der Waals surface area contributed by atoms with Gasteiger partial charge in [0, 0.05) is 43.5 Å². The van der Waals surface area contributed by atoms with Crippen molar-refractivity contribution >= 4 is 35.0 Å². The smallest absolute Gasteiger partial charge is 0.425 e. The molecule has 4 aromatic rings. The number of esters is 1. The lowest BCUT2D eigenvalue weighted by atomic mass is 10.2. The first kappa shape index (κ1) is 24.7. The first-order chi connectivity index (χ1) is 17.2. The minimum atomic E-state index is -1.07. The lowest BCUT2D eigenvalue weighted by molar-refractivity contribution is -0.168. The average Bonchev–Trinajstić information content (AvgIpc) is 3.59. The van der Waals surface area contributed by atoms with Crippen molar-refractivity contribution in [3.8, 4) is 22.0 Å². The van der Waals surface area contributed by atoms with Gasteiger partial charge < -0.3 is 14.8 Å². The summed E-state index contributed by atoms with van der Waals surface area (Å²) in [7, 11) is 1.75. The number of hydrogen-bond donors (Lipinski definition) is 1. The van der Waals surface area contributed by atoms with Crippen LogP contribution in [0.5, 0.6) is 0 Å². The van der Waals surface area contributed by atoms with Crippen molar-refractivity contribution in [1.29, 1.82) is 0 Å². The zero-order valence-corrected chi connectivity index (χ0v) is 20.7. The number of amides is 1. The van der Waals surface area contributed by atoms with E-state index in [1.807, 2.05) is 6.07 Å². The lowest BCUT2D eigenvalue weighted by Crippen LogP contribution is -2.26. The van der Waals surface area contributed by atoms with Crippen LogP contribution in [0.3, 0.4) is 0 Å². The Balaban J connectivity index is 1.43. The Labute approximate surface area is 209 Å². The zero-order chi connectivity index (χ0) is 25.8. The second-order valence-corrected chi connectivity index (χ2v) is 8.85. The fourth-order valence-corrected chi connectivity index (χ4v) is 3.80. The van der Waals surface area contributed by atoms with Crippen LogP contribution in [0.15, 0.2) is 48.4 Å². The molecule has 0 aromatic carbocycles. The SMILES string of the molecule is CC(OC(=O)C(C)C)OC(=O)n1cc(-c2nc(C(=O)Nc3cn(C)nc3-c3ccccn3)cs2)cn1. The Kier molecular flexibility index (Phi) is 7.20. The third kappa shape index (κ3) is 5.63. The van der Waals surface area contributed by atoms with E-state index in [0.29, 0.717) is 27.6 Å². The molecule has 0 bridgehead atoms. The standard InChI is InChI=1S/C23H23N7O5S/c1-13(2)22(32)34-14(3)35-23(33)30-10-15(9-25-30)21-27-18(12-36-21)20(31)26-17-11-29(4)28-19(17)16-7-5-6-8-24-16/h5-14H,1-4H3,(H,26,31). The Bertz CT molecular complexity index is 1390. The van der Waals surface area contributed by atoms with Gasteiger partial charge in [0.25, 0.3) is 5.91 Å². The molecule has 0 aliphatic heterocycles. The van der Waals surface area contributed by atoms with Gasteiger partial charge in [-0.2, -0.15) is 14.9 Å². The van der Waals surface area contributed by atoms with Crippen molar-refractivity contribution in [1.82, 2.24) is 29.5 Å². The van der Waals surface area contributed by atoms with Crippen LogP contribution in [0.25, 0.3) is 22.0 Å². The van der Waals surface area contributed by atoms with Crippen molar-refractivity contribution in [2.75, 3.05) is 5.32 Å². The van der Waals surface area contributed by atoms with E-state index in [2.05, 4.69) is 25.5 Å². The number of nitrogens with zero attached hydrogens (tertiary/aromatic N) is 6. The molecule has 13 heteroatoms. The molecular formula is C23H23N7O5S. The molecule has 0 aliphatic rings. The van der Waals surface area contributed by atoms with E-state index in [0.717, 1.165) is 4.68 Å². The Morgan fingerprint density at radius 2 is 1.92 bits per heavy atom. The van der Waals surface area contributed by atoms with Crippen molar-refractivity contribution in [3.05, 3.63) is 54.1 Å². The highest BCUT2D eigenvalue weighted by molar-refractivity contribution is 7.13. The Morgan fingerprint density at radius 3 is 2.64 bits per heavy atom. The van der Waals surface area contributed by atoms with Gasteiger partial charge in [-0.15, -0.1) is 11.3 Å². The van der Waals surface area contributed by atoms with Crippen LogP contribution >= 0.6 is 11.3 Å². The summed E-state index contributed by atoms with van der Waals surface area (Å²) >= 11 is 1.22. The molecule has 186 valence electrons. The van der Waals surface area contributed by atoms with E-state index in [1.54, 1.807) is 55.5 Å². The summed E-state index contributed by atoms with van der Waals surface area (Å²) in [6, 6.07) is 5.44. The van der Waals surface area contributed by atoms with Gasteiger partial charge in [-0.3, -0.25) is 19.3 Å². The molecule has 12 nitrogen and oxygen atoms in total. The summed E-state index contributed by atoms with van der Waals surface area (Å²) in [5.74, 6) is -1.25. The highest BCUT2D eigenvalue weighted by Gasteiger charge is 2.20. The van der Waals surface area contributed by atoms with Crippen LogP contribution < -0.4 is 5.32 Å². The number of thiazole rings is 1. The molecule has 1 unspecified atom stereocenters. The second-order valence-electron chi connectivity index (χ2n) is 7.99. The first-order valence-corrected chi connectivity index (χ1v) is 11.8. The largest absolute Gasteiger partial charge is 0.437 e. The van der Waals surface area contributed by atoms with Crippen molar-refractivity contribution in [2.24, 2.45) is 13.0 Å². The molecule has 0 saturated heterocycles. The van der Waals surface area contributed by atoms with Crippen LogP contribution in [0.2, 0.25) is 0 Å². The topological polar surface area (TPSA) is 143 Å². The number of ether oxygens (including phenoxy) is 2. The molecule has 4 rings (SSSR count). The quantitative estimate of drug-likeness (QED) is 0.292. The number of rotatable bonds is 7. The number of anilines is 1. The molecule has 0 saturated carbocycles. The van der Waals surface area contributed by atoms with Crippen molar-refractivity contribution < 1.29 is 23.9 Å². The highest BCUT2D eigenvalue weighted by Crippen LogP contribution is 2.27. The molecule has 0 fully saturated rings. The predicted octanol–water partition coefficient (Wildman–Crippen LogP) is 3.58. The molecule has 1 atom stereocenters. The number of carbonyl (C=O) groups excluding carboxylic acids is 3. The van der Waals surface area contributed by atoms with Crippen LogP contribution in [-0.4, -0.2) is 53.8 Å². The fraction of sp³-hybridized carbons (Fsp3) is 0.261. The maximum Gasteiger partial charge on any atom is 0.437 e. The summed E-state index contributed by atoms with van der Waals surface area (Å²) in [4.78, 5) is 45.5. The Hall–Kier alpha value is -4.39. The third-order valence-corrected chi connectivity index (χ3v) is 5.65. The fourth-order valence-electron chi connectivity index (χ4n) is 3.02. The van der Waals surface area contributed by atoms with E-state index in [-0.39, 0.29) is 11.6 Å². The van der Waals surface area contributed by atoms with E-state index in [4.69, 9.17) is 9.47 Å². The minimum Gasteiger partial charge on any atom is -0.425 e. The maximum absolute atomic E-state index is 12.9. The van der Waals surface area contributed by atoms with Crippen LogP contribution in [0.1, 0.15) is 31.3 Å². The van der Waals surface area contributed by atoms with E-state index in [9.17, 15) is 14.4 Å². The average molecular weight is 510 g/mol. The summed E-state index contributed by atoms with van der Waals surface area (Å²) < 4.78 is 12.7. The van der Waals surface area contributed by atoms with Gasteiger partial charge in [-0.1, -0.05) is 19.9 Å². The lowest BCUT2D eigenvalue weighted by Gasteiger charge is -2.14. The monoisotopic (exact) mass is 509 g/mol. The highest BCUT2D eigenvalue weighted by atomic mass is 32.1. The second kappa shape index (κ2) is 10.5. The van der Waals surface area contributed by atoms with Gasteiger partial charge in [0.2, 0.25) is 6.29 Å². The summed E-state index contributed by atoms with van der Waals surface area (Å²) in [6.45, 7) is 4.79. The Morgan fingerprint density at radius 1 is 1.11 bits per heavy atom. The third-order valence-electron chi connectivity index (χ3n) is 4.76. The van der Waals surface area contributed by atoms with Gasteiger partial charge in [0.1, 0.15) is 16.4 Å². The molecule has 0 radical (unpaired) electrons. The van der Waals surface area contributed by atoms with Crippen LogP contribution in [0.4, 0.5) is 10.5 Å². The van der Waals surface area contributed by atoms with Gasteiger partial charge in [0.15, 0.2) is 0 Å². The van der Waals surface area contributed by atoms with Crippen molar-refractivity contribution in [3.63, 3.8) is 0 Å². The number of carbonyl (C=O) groups is 3. The van der Waals surface area contributed by atoms with E-state index >= 15 is 0 Å². The van der Waals surface area contributed by atoms with Gasteiger partial charge in [-0.25, -0.2) is 9.78 Å². The number of nitrogens with one attached hydrogen (secondary N) is 1. The van der Waals surface area contributed by atoms with Gasteiger partial charge in [-0.05, 0) is 12.1 Å². The molecule has 4 heterocycles.